The molecule has 0 atom stereocenters. The second-order valence-electron chi connectivity index (χ2n) is 4.35. The maximum Gasteiger partial charge on any atom is 0.337 e. The van der Waals surface area contributed by atoms with Crippen LogP contribution in [-0.2, 0) is 6.54 Å². The zero-order chi connectivity index (χ0) is 13.4. The van der Waals surface area contributed by atoms with Crippen molar-refractivity contribution >= 4 is 28.2 Å². The van der Waals surface area contributed by atoms with Gasteiger partial charge in [-0.2, -0.15) is 0 Å². The first-order valence-electron chi connectivity index (χ1n) is 5.87. The number of benzene rings is 1. The second-order valence-corrected chi connectivity index (χ2v) is 5.41. The minimum Gasteiger partial charge on any atom is -0.478 e. The van der Waals surface area contributed by atoms with E-state index in [-0.39, 0.29) is 0 Å². The lowest BCUT2D eigenvalue weighted by molar-refractivity contribution is 0.0699. The highest BCUT2D eigenvalue weighted by molar-refractivity contribution is 7.09. The first-order valence-corrected chi connectivity index (χ1v) is 6.75. The summed E-state index contributed by atoms with van der Waals surface area (Å²) >= 11 is 1.60. The lowest BCUT2D eigenvalue weighted by Gasteiger charge is -2.01. The van der Waals surface area contributed by atoms with Crippen molar-refractivity contribution in [1.82, 2.24) is 9.55 Å². The summed E-state index contributed by atoms with van der Waals surface area (Å²) in [6, 6.07) is 7.53. The predicted octanol–water partition coefficient (Wildman–Crippen LogP) is 3.15. The fourth-order valence-corrected chi connectivity index (χ4v) is 2.81. The summed E-state index contributed by atoms with van der Waals surface area (Å²) in [5.74, 6) is -0.899. The van der Waals surface area contributed by atoms with E-state index < -0.39 is 5.97 Å². The van der Waals surface area contributed by atoms with Gasteiger partial charge in [0.25, 0.3) is 0 Å². The molecule has 19 heavy (non-hydrogen) atoms. The molecule has 0 spiro atoms. The molecule has 3 aromatic rings. The van der Waals surface area contributed by atoms with Gasteiger partial charge in [-0.1, -0.05) is 18.2 Å². The lowest BCUT2D eigenvalue weighted by atomic mass is 10.2. The molecule has 4 nitrogen and oxygen atoms in total. The van der Waals surface area contributed by atoms with Crippen LogP contribution in [0, 0.1) is 6.92 Å². The van der Waals surface area contributed by atoms with Gasteiger partial charge in [0.1, 0.15) is 0 Å². The third-order valence-electron chi connectivity index (χ3n) is 3.02. The number of nitrogens with zero attached hydrogens (tertiary/aromatic N) is 2. The van der Waals surface area contributed by atoms with Gasteiger partial charge in [-0.3, -0.25) is 0 Å². The van der Waals surface area contributed by atoms with Gasteiger partial charge in [-0.05, 0) is 13.0 Å². The zero-order valence-corrected chi connectivity index (χ0v) is 11.1. The molecule has 1 aromatic carbocycles. The van der Waals surface area contributed by atoms with Gasteiger partial charge in [0, 0.05) is 22.5 Å². The molecule has 0 aliphatic heterocycles. The molecule has 0 fully saturated rings. The number of rotatable bonds is 3. The standard InChI is InChI=1S/C14H12N2O2S/c1-9-15-10(8-19-9)6-16-7-12(14(17)18)11-4-2-3-5-13(11)16/h2-5,7-8H,6H2,1H3,(H,17,18). The van der Waals surface area contributed by atoms with E-state index in [4.69, 9.17) is 0 Å². The molecule has 2 aromatic heterocycles. The third-order valence-corrected chi connectivity index (χ3v) is 3.84. The van der Waals surface area contributed by atoms with Crippen LogP contribution in [0.15, 0.2) is 35.8 Å². The summed E-state index contributed by atoms with van der Waals surface area (Å²) in [6.07, 6.45) is 1.68. The molecule has 0 unspecified atom stereocenters. The zero-order valence-electron chi connectivity index (χ0n) is 10.3. The highest BCUT2D eigenvalue weighted by Gasteiger charge is 2.14. The quantitative estimate of drug-likeness (QED) is 0.796. The Labute approximate surface area is 113 Å². The second kappa shape index (κ2) is 4.51. The molecule has 0 amide bonds. The fraction of sp³-hybridized carbons (Fsp3) is 0.143. The molecule has 2 heterocycles. The predicted molar refractivity (Wildman–Crippen MR) is 74.9 cm³/mol. The molecule has 0 saturated heterocycles. The van der Waals surface area contributed by atoms with Crippen LogP contribution in [0.3, 0.4) is 0 Å². The molecule has 3 rings (SSSR count). The number of aromatic nitrogens is 2. The Hall–Kier alpha value is -2.14. The van der Waals surface area contributed by atoms with E-state index >= 15 is 0 Å². The van der Waals surface area contributed by atoms with Gasteiger partial charge in [-0.25, -0.2) is 9.78 Å². The first-order chi connectivity index (χ1) is 9.15. The smallest absolute Gasteiger partial charge is 0.337 e. The Bertz CT molecular complexity index is 758. The van der Waals surface area contributed by atoms with Crippen molar-refractivity contribution in [2.24, 2.45) is 0 Å². The monoisotopic (exact) mass is 272 g/mol. The van der Waals surface area contributed by atoms with Crippen LogP contribution in [-0.4, -0.2) is 20.6 Å². The third kappa shape index (κ3) is 2.13. The number of carboxylic acids is 1. The Morgan fingerprint density at radius 2 is 2.21 bits per heavy atom. The minimum atomic E-state index is -0.899. The average molecular weight is 272 g/mol. The molecule has 0 radical (unpaired) electrons. The van der Waals surface area contributed by atoms with Gasteiger partial charge in [0.2, 0.25) is 0 Å². The maximum absolute atomic E-state index is 11.3. The van der Waals surface area contributed by atoms with Crippen LogP contribution in [0.5, 0.6) is 0 Å². The SMILES string of the molecule is Cc1nc(Cn2cc(C(=O)O)c3ccccc32)cs1. The van der Waals surface area contributed by atoms with Gasteiger partial charge in [-0.15, -0.1) is 11.3 Å². The Morgan fingerprint density at radius 3 is 2.89 bits per heavy atom. The molecule has 0 saturated carbocycles. The number of aryl methyl sites for hydroxylation is 1. The first kappa shape index (κ1) is 11.9. The molecule has 1 N–H and O–H groups in total. The number of carboxylic acid groups (broad SMARTS) is 1. The number of thiazole rings is 1. The van der Waals surface area contributed by atoms with E-state index in [1.807, 2.05) is 41.1 Å². The Balaban J connectivity index is 2.11. The van der Waals surface area contributed by atoms with Gasteiger partial charge in [0.15, 0.2) is 0 Å². The number of hydrogen-bond acceptors (Lipinski definition) is 3. The Morgan fingerprint density at radius 1 is 1.42 bits per heavy atom. The fourth-order valence-electron chi connectivity index (χ4n) is 2.20. The van der Waals surface area contributed by atoms with Gasteiger partial charge in [0.05, 0.1) is 22.8 Å². The normalized spacial score (nSPS) is 11.0. The van der Waals surface area contributed by atoms with Crippen molar-refractivity contribution in [2.45, 2.75) is 13.5 Å². The van der Waals surface area contributed by atoms with Gasteiger partial charge < -0.3 is 9.67 Å². The topological polar surface area (TPSA) is 55.1 Å². The molecule has 96 valence electrons. The summed E-state index contributed by atoms with van der Waals surface area (Å²) in [7, 11) is 0. The van der Waals surface area contributed by atoms with Gasteiger partial charge >= 0.3 is 5.97 Å². The van der Waals surface area contributed by atoms with Crippen molar-refractivity contribution < 1.29 is 9.90 Å². The lowest BCUT2D eigenvalue weighted by Crippen LogP contribution is -1.99. The highest BCUT2D eigenvalue weighted by Crippen LogP contribution is 2.22. The van der Waals surface area contributed by atoms with Crippen molar-refractivity contribution in [3.63, 3.8) is 0 Å². The van der Waals surface area contributed by atoms with Crippen LogP contribution >= 0.6 is 11.3 Å². The Kier molecular flexibility index (Phi) is 2.83. The van der Waals surface area contributed by atoms with Crippen LogP contribution in [0.2, 0.25) is 0 Å². The van der Waals surface area contributed by atoms with Crippen LogP contribution in [0.4, 0.5) is 0 Å². The molecule has 5 heteroatoms. The molecular weight excluding hydrogens is 260 g/mol. The molecule has 0 aliphatic carbocycles. The summed E-state index contributed by atoms with van der Waals surface area (Å²) in [5.41, 5.74) is 2.22. The van der Waals surface area contributed by atoms with E-state index in [2.05, 4.69) is 4.98 Å². The van der Waals surface area contributed by atoms with Crippen molar-refractivity contribution in [3.05, 3.63) is 52.1 Å². The summed E-state index contributed by atoms with van der Waals surface area (Å²) in [4.78, 5) is 15.7. The van der Waals surface area contributed by atoms with E-state index in [0.717, 1.165) is 21.6 Å². The largest absolute Gasteiger partial charge is 0.478 e. The van der Waals surface area contributed by atoms with Crippen molar-refractivity contribution in [2.75, 3.05) is 0 Å². The van der Waals surface area contributed by atoms with Crippen LogP contribution < -0.4 is 0 Å². The number of carbonyl (C=O) groups is 1. The van der Waals surface area contributed by atoms with Crippen molar-refractivity contribution in [1.29, 1.82) is 0 Å². The minimum absolute atomic E-state index is 0.336. The molecule has 0 aliphatic rings. The summed E-state index contributed by atoms with van der Waals surface area (Å²) < 4.78 is 1.94. The van der Waals surface area contributed by atoms with Crippen LogP contribution in [0.1, 0.15) is 21.1 Å². The van der Waals surface area contributed by atoms with E-state index in [0.29, 0.717) is 12.1 Å². The number of aromatic carboxylic acids is 1. The van der Waals surface area contributed by atoms with Crippen molar-refractivity contribution in [3.8, 4) is 0 Å². The maximum atomic E-state index is 11.3. The number of fused-ring (bicyclic) bond motifs is 1. The summed E-state index contributed by atoms with van der Waals surface area (Å²) in [5, 5.41) is 13.0. The number of hydrogen-bond donors (Lipinski definition) is 1. The van der Waals surface area contributed by atoms with E-state index in [1.165, 1.54) is 0 Å². The van der Waals surface area contributed by atoms with Crippen LogP contribution in [0.25, 0.3) is 10.9 Å². The number of para-hydroxylation sites is 1. The van der Waals surface area contributed by atoms with E-state index in [9.17, 15) is 9.90 Å². The molecular formula is C14H12N2O2S. The molecule has 0 bridgehead atoms. The average Bonchev–Trinajstić information content (AvgIpc) is 2.95. The van der Waals surface area contributed by atoms with E-state index in [1.54, 1.807) is 17.5 Å². The highest BCUT2D eigenvalue weighted by atomic mass is 32.1. The summed E-state index contributed by atoms with van der Waals surface area (Å²) in [6.45, 7) is 2.56.